The predicted octanol–water partition coefficient (Wildman–Crippen LogP) is 3.86. The van der Waals surface area contributed by atoms with Gasteiger partial charge in [0, 0.05) is 5.56 Å². The zero-order valence-electron chi connectivity index (χ0n) is 9.37. The first-order valence-electron chi connectivity index (χ1n) is 4.93. The van der Waals surface area contributed by atoms with Crippen molar-refractivity contribution in [3.63, 3.8) is 0 Å². The Bertz CT molecular complexity index is 304. The standard InChI is InChI=1S/C13H18O/c1-5-12(14-13(2,3)4)11-9-7-6-8-10-11/h5-10H,1-4H3/b12-5-. The number of benzene rings is 1. The van der Waals surface area contributed by atoms with E-state index in [0.717, 1.165) is 11.3 Å². The molecule has 0 saturated heterocycles. The highest BCUT2D eigenvalue weighted by molar-refractivity contribution is 5.59. The Morgan fingerprint density at radius 2 is 1.71 bits per heavy atom. The van der Waals surface area contributed by atoms with Crippen molar-refractivity contribution in [2.45, 2.75) is 33.3 Å². The molecule has 0 atom stereocenters. The van der Waals surface area contributed by atoms with Crippen LogP contribution in [0.1, 0.15) is 33.3 Å². The summed E-state index contributed by atoms with van der Waals surface area (Å²) in [4.78, 5) is 0. The van der Waals surface area contributed by atoms with E-state index in [1.54, 1.807) is 0 Å². The van der Waals surface area contributed by atoms with Crippen LogP contribution in [0.25, 0.3) is 5.76 Å². The minimum atomic E-state index is -0.141. The molecule has 0 N–H and O–H groups in total. The van der Waals surface area contributed by atoms with E-state index in [9.17, 15) is 0 Å². The van der Waals surface area contributed by atoms with Gasteiger partial charge in [-0.25, -0.2) is 0 Å². The summed E-state index contributed by atoms with van der Waals surface area (Å²) in [7, 11) is 0. The Morgan fingerprint density at radius 3 is 2.14 bits per heavy atom. The second kappa shape index (κ2) is 4.32. The Kier molecular flexibility index (Phi) is 3.34. The quantitative estimate of drug-likeness (QED) is 0.643. The topological polar surface area (TPSA) is 9.23 Å². The summed E-state index contributed by atoms with van der Waals surface area (Å²) in [5.74, 6) is 0.943. The van der Waals surface area contributed by atoms with E-state index in [4.69, 9.17) is 4.74 Å². The lowest BCUT2D eigenvalue weighted by Gasteiger charge is -2.23. The monoisotopic (exact) mass is 190 g/mol. The molecule has 0 aromatic heterocycles. The Balaban J connectivity index is 2.85. The molecule has 1 nitrogen and oxygen atoms in total. The van der Waals surface area contributed by atoms with E-state index in [2.05, 4.69) is 32.9 Å². The maximum atomic E-state index is 5.83. The molecule has 0 amide bonds. The van der Waals surface area contributed by atoms with Gasteiger partial charge < -0.3 is 4.74 Å². The summed E-state index contributed by atoms with van der Waals surface area (Å²) < 4.78 is 5.83. The van der Waals surface area contributed by atoms with Crippen molar-refractivity contribution in [3.05, 3.63) is 42.0 Å². The van der Waals surface area contributed by atoms with Crippen molar-refractivity contribution < 1.29 is 4.74 Å². The third-order valence-electron chi connectivity index (χ3n) is 1.74. The largest absolute Gasteiger partial charge is 0.488 e. The molecule has 14 heavy (non-hydrogen) atoms. The molecule has 1 aromatic rings. The van der Waals surface area contributed by atoms with Gasteiger partial charge >= 0.3 is 0 Å². The molecule has 0 aliphatic rings. The smallest absolute Gasteiger partial charge is 0.123 e. The fraction of sp³-hybridized carbons (Fsp3) is 0.385. The van der Waals surface area contributed by atoms with Gasteiger partial charge in [-0.1, -0.05) is 30.3 Å². The maximum absolute atomic E-state index is 5.83. The second-order valence-electron chi connectivity index (χ2n) is 4.23. The fourth-order valence-electron chi connectivity index (χ4n) is 1.22. The lowest BCUT2D eigenvalue weighted by Crippen LogP contribution is -2.18. The molecule has 0 heterocycles. The first kappa shape index (κ1) is 10.8. The number of allylic oxidation sites excluding steroid dienone is 1. The van der Waals surface area contributed by atoms with Gasteiger partial charge in [-0.2, -0.15) is 0 Å². The lowest BCUT2D eigenvalue weighted by atomic mass is 10.1. The normalized spacial score (nSPS) is 12.7. The van der Waals surface area contributed by atoms with Crippen LogP contribution in [0.5, 0.6) is 0 Å². The average molecular weight is 190 g/mol. The third kappa shape index (κ3) is 3.25. The van der Waals surface area contributed by atoms with Gasteiger partial charge in [0.25, 0.3) is 0 Å². The summed E-state index contributed by atoms with van der Waals surface area (Å²) >= 11 is 0. The van der Waals surface area contributed by atoms with Crippen LogP contribution in [0.2, 0.25) is 0 Å². The summed E-state index contributed by atoms with van der Waals surface area (Å²) in [5, 5.41) is 0. The van der Waals surface area contributed by atoms with E-state index in [1.165, 1.54) is 0 Å². The van der Waals surface area contributed by atoms with Gasteiger partial charge in [-0.05, 0) is 33.8 Å². The Morgan fingerprint density at radius 1 is 1.14 bits per heavy atom. The SMILES string of the molecule is C/C=C(\OC(C)(C)C)c1ccccc1. The van der Waals surface area contributed by atoms with Crippen molar-refractivity contribution in [2.75, 3.05) is 0 Å². The van der Waals surface area contributed by atoms with Crippen molar-refractivity contribution in [2.24, 2.45) is 0 Å². The van der Waals surface area contributed by atoms with Crippen molar-refractivity contribution in [1.29, 1.82) is 0 Å². The van der Waals surface area contributed by atoms with Crippen LogP contribution in [-0.2, 0) is 4.74 Å². The summed E-state index contributed by atoms with van der Waals surface area (Å²) in [6.07, 6.45) is 2.00. The predicted molar refractivity (Wildman–Crippen MR) is 60.9 cm³/mol. The van der Waals surface area contributed by atoms with Crippen molar-refractivity contribution in [1.82, 2.24) is 0 Å². The van der Waals surface area contributed by atoms with Crippen LogP contribution < -0.4 is 0 Å². The highest BCUT2D eigenvalue weighted by Gasteiger charge is 2.13. The van der Waals surface area contributed by atoms with Gasteiger partial charge in [0.15, 0.2) is 0 Å². The molecule has 1 rings (SSSR count). The van der Waals surface area contributed by atoms with E-state index < -0.39 is 0 Å². The highest BCUT2D eigenvalue weighted by Crippen LogP contribution is 2.22. The van der Waals surface area contributed by atoms with E-state index >= 15 is 0 Å². The van der Waals surface area contributed by atoms with Crippen LogP contribution in [-0.4, -0.2) is 5.60 Å². The fourth-order valence-corrected chi connectivity index (χ4v) is 1.22. The van der Waals surface area contributed by atoms with Gasteiger partial charge in [0.05, 0.1) is 0 Å². The molecule has 1 aromatic carbocycles. The number of hydrogen-bond donors (Lipinski definition) is 0. The number of rotatable bonds is 2. The van der Waals surface area contributed by atoms with Crippen molar-refractivity contribution in [3.8, 4) is 0 Å². The molecule has 76 valence electrons. The molecule has 0 unspecified atom stereocenters. The minimum Gasteiger partial charge on any atom is -0.488 e. The van der Waals surface area contributed by atoms with Crippen molar-refractivity contribution >= 4 is 5.76 Å². The van der Waals surface area contributed by atoms with Crippen LogP contribution in [0.15, 0.2) is 36.4 Å². The maximum Gasteiger partial charge on any atom is 0.123 e. The van der Waals surface area contributed by atoms with Gasteiger partial charge in [-0.3, -0.25) is 0 Å². The van der Waals surface area contributed by atoms with Gasteiger partial charge in [-0.15, -0.1) is 0 Å². The molecule has 0 aliphatic carbocycles. The molecular formula is C13H18O. The van der Waals surface area contributed by atoms with Gasteiger partial charge in [0.1, 0.15) is 11.4 Å². The zero-order valence-corrected chi connectivity index (χ0v) is 9.37. The zero-order chi connectivity index (χ0) is 10.6. The second-order valence-corrected chi connectivity index (χ2v) is 4.23. The summed E-state index contributed by atoms with van der Waals surface area (Å²) in [5.41, 5.74) is 0.988. The number of ether oxygens (including phenoxy) is 1. The lowest BCUT2D eigenvalue weighted by molar-refractivity contribution is 0.0968. The molecule has 0 fully saturated rings. The molecule has 0 radical (unpaired) electrons. The van der Waals surface area contributed by atoms with E-state index in [0.29, 0.717) is 0 Å². The van der Waals surface area contributed by atoms with E-state index in [-0.39, 0.29) is 5.60 Å². The Labute approximate surface area is 86.4 Å². The van der Waals surface area contributed by atoms with Crippen LogP contribution >= 0.6 is 0 Å². The summed E-state index contributed by atoms with van der Waals surface area (Å²) in [6, 6.07) is 10.2. The summed E-state index contributed by atoms with van der Waals surface area (Å²) in [6.45, 7) is 8.16. The molecule has 1 heteroatoms. The molecule has 0 aliphatic heterocycles. The Hall–Kier alpha value is -1.24. The first-order valence-corrected chi connectivity index (χ1v) is 4.93. The van der Waals surface area contributed by atoms with Crippen LogP contribution in [0.4, 0.5) is 0 Å². The molecular weight excluding hydrogens is 172 g/mol. The van der Waals surface area contributed by atoms with Crippen LogP contribution in [0.3, 0.4) is 0 Å². The molecule has 0 saturated carbocycles. The van der Waals surface area contributed by atoms with E-state index in [1.807, 2.05) is 31.2 Å². The van der Waals surface area contributed by atoms with Crippen LogP contribution in [0, 0.1) is 0 Å². The minimum absolute atomic E-state index is 0.141. The van der Waals surface area contributed by atoms with Gasteiger partial charge in [0.2, 0.25) is 0 Å². The molecule has 0 bridgehead atoms. The average Bonchev–Trinajstić information content (AvgIpc) is 2.14. The highest BCUT2D eigenvalue weighted by atomic mass is 16.5. The molecule has 0 spiro atoms. The first-order chi connectivity index (χ1) is 6.53. The number of hydrogen-bond acceptors (Lipinski definition) is 1. The third-order valence-corrected chi connectivity index (χ3v) is 1.74.